The molecule has 0 radical (unpaired) electrons. The number of aryl methyl sites for hydroxylation is 1. The highest BCUT2D eigenvalue weighted by molar-refractivity contribution is 5.95. The van der Waals surface area contributed by atoms with Gasteiger partial charge in [-0.25, -0.2) is 4.98 Å². The van der Waals surface area contributed by atoms with E-state index >= 15 is 0 Å². The van der Waals surface area contributed by atoms with Gasteiger partial charge < -0.3 is 5.32 Å². The monoisotopic (exact) mass is 313 g/mol. The van der Waals surface area contributed by atoms with Gasteiger partial charge in [0.1, 0.15) is 11.3 Å². The lowest BCUT2D eigenvalue weighted by molar-refractivity contribution is -0.137. The molecule has 1 unspecified atom stereocenters. The van der Waals surface area contributed by atoms with Gasteiger partial charge in [0.15, 0.2) is 0 Å². The van der Waals surface area contributed by atoms with Crippen LogP contribution in [-0.2, 0) is 12.6 Å². The molecule has 0 aromatic carbocycles. The number of alkyl halides is 3. The second-order valence-electron chi connectivity index (χ2n) is 5.19. The Bertz CT molecular complexity index is 691. The van der Waals surface area contributed by atoms with Crippen LogP contribution in [0.4, 0.5) is 13.2 Å². The van der Waals surface area contributed by atoms with Crippen LogP contribution < -0.4 is 5.32 Å². The summed E-state index contributed by atoms with van der Waals surface area (Å²) in [5.41, 5.74) is 0.181. The Morgan fingerprint density at radius 3 is 2.59 bits per heavy atom. The largest absolute Gasteiger partial charge is 0.417 e. The van der Waals surface area contributed by atoms with E-state index in [0.717, 1.165) is 18.7 Å². The fourth-order valence-corrected chi connectivity index (χ4v) is 2.14. The molecule has 0 aliphatic carbocycles. The molecule has 4 nitrogen and oxygen atoms in total. The van der Waals surface area contributed by atoms with Crippen molar-refractivity contribution in [1.29, 1.82) is 0 Å². The van der Waals surface area contributed by atoms with Gasteiger partial charge in [0, 0.05) is 12.2 Å². The third kappa shape index (κ3) is 3.08. The van der Waals surface area contributed by atoms with E-state index in [9.17, 15) is 18.0 Å². The van der Waals surface area contributed by atoms with Gasteiger partial charge in [-0.05, 0) is 31.9 Å². The maximum atomic E-state index is 12.9. The molecule has 0 fully saturated rings. The maximum Gasteiger partial charge on any atom is 0.417 e. The summed E-state index contributed by atoms with van der Waals surface area (Å²) < 4.78 is 39.8. The summed E-state index contributed by atoms with van der Waals surface area (Å²) in [6, 6.07) is 2.19. The van der Waals surface area contributed by atoms with Crippen molar-refractivity contribution in [1.82, 2.24) is 14.7 Å². The maximum absolute atomic E-state index is 12.9. The number of nitrogens with zero attached hydrogens (tertiary/aromatic N) is 2. The predicted molar refractivity (Wildman–Crippen MR) is 76.8 cm³/mol. The number of imidazole rings is 1. The van der Waals surface area contributed by atoms with Gasteiger partial charge in [-0.1, -0.05) is 13.8 Å². The molecule has 2 aromatic rings. The van der Waals surface area contributed by atoms with E-state index in [1.54, 1.807) is 0 Å². The first-order chi connectivity index (χ1) is 10.3. The van der Waals surface area contributed by atoms with Crippen LogP contribution in [0.15, 0.2) is 18.3 Å². The van der Waals surface area contributed by atoms with Crippen molar-refractivity contribution in [3.63, 3.8) is 0 Å². The summed E-state index contributed by atoms with van der Waals surface area (Å²) >= 11 is 0. The Morgan fingerprint density at radius 1 is 1.36 bits per heavy atom. The van der Waals surface area contributed by atoms with Gasteiger partial charge in [-0.3, -0.25) is 9.20 Å². The van der Waals surface area contributed by atoms with Gasteiger partial charge in [0.25, 0.3) is 5.91 Å². The number of carbonyl (C=O) groups excluding carboxylic acids is 1. The molecule has 2 rings (SSSR count). The number of nitrogens with one attached hydrogen (secondary N) is 1. The number of rotatable bonds is 4. The third-order valence-electron chi connectivity index (χ3n) is 3.56. The molecular weight excluding hydrogens is 295 g/mol. The Labute approximate surface area is 126 Å². The lowest BCUT2D eigenvalue weighted by Crippen LogP contribution is -2.33. The van der Waals surface area contributed by atoms with Crippen molar-refractivity contribution in [2.45, 2.75) is 45.8 Å². The van der Waals surface area contributed by atoms with Gasteiger partial charge in [-0.2, -0.15) is 13.2 Å². The van der Waals surface area contributed by atoms with Gasteiger partial charge in [0.2, 0.25) is 0 Å². The average Bonchev–Trinajstić information content (AvgIpc) is 2.83. The number of fused-ring (bicyclic) bond motifs is 1. The number of aromatic nitrogens is 2. The number of hydrogen-bond acceptors (Lipinski definition) is 2. The van der Waals surface area contributed by atoms with Gasteiger partial charge in [-0.15, -0.1) is 0 Å². The van der Waals surface area contributed by atoms with Crippen molar-refractivity contribution in [3.8, 4) is 0 Å². The fourth-order valence-electron chi connectivity index (χ4n) is 2.14. The van der Waals surface area contributed by atoms with Crippen molar-refractivity contribution in [2.75, 3.05) is 0 Å². The zero-order valence-corrected chi connectivity index (χ0v) is 12.7. The first-order valence-electron chi connectivity index (χ1n) is 7.17. The van der Waals surface area contributed by atoms with Crippen LogP contribution in [0.1, 0.15) is 48.9 Å². The molecule has 1 amide bonds. The number of hydrogen-bond donors (Lipinski definition) is 1. The Balaban J connectivity index is 2.57. The van der Waals surface area contributed by atoms with E-state index < -0.39 is 17.6 Å². The standard InChI is InChI=1S/C15H18F3N3O/c1-4-9(3)19-14(22)13-11(5-2)20-12-7-6-10(8-21(12)13)15(16,17)18/h6-9H,4-5H2,1-3H3,(H,19,22). The van der Waals surface area contributed by atoms with Crippen LogP contribution in [-0.4, -0.2) is 21.3 Å². The molecule has 1 atom stereocenters. The molecule has 0 aliphatic rings. The first kappa shape index (κ1) is 16.3. The highest BCUT2D eigenvalue weighted by Gasteiger charge is 2.31. The molecule has 0 saturated heterocycles. The molecule has 22 heavy (non-hydrogen) atoms. The number of carbonyl (C=O) groups is 1. The van der Waals surface area contributed by atoms with Crippen LogP contribution >= 0.6 is 0 Å². The van der Waals surface area contributed by atoms with Crippen LogP contribution in [0, 0.1) is 0 Å². The van der Waals surface area contributed by atoms with Gasteiger partial charge in [0.05, 0.1) is 11.3 Å². The van der Waals surface area contributed by atoms with Crippen molar-refractivity contribution in [2.24, 2.45) is 0 Å². The molecule has 0 saturated carbocycles. The molecular formula is C15H18F3N3O. The lowest BCUT2D eigenvalue weighted by atomic mass is 10.2. The first-order valence-corrected chi connectivity index (χ1v) is 7.17. The van der Waals surface area contributed by atoms with E-state index in [4.69, 9.17) is 0 Å². The van der Waals surface area contributed by atoms with Crippen LogP contribution in [0.2, 0.25) is 0 Å². The minimum absolute atomic E-state index is 0.0615. The zero-order chi connectivity index (χ0) is 16.5. The second-order valence-corrected chi connectivity index (χ2v) is 5.19. The van der Waals surface area contributed by atoms with E-state index in [1.165, 1.54) is 10.5 Å². The summed E-state index contributed by atoms with van der Waals surface area (Å²) in [6.07, 6.45) is -2.34. The number of halogens is 3. The predicted octanol–water partition coefficient (Wildman–Crippen LogP) is 3.44. The molecule has 120 valence electrons. The topological polar surface area (TPSA) is 46.4 Å². The van der Waals surface area contributed by atoms with E-state index in [-0.39, 0.29) is 11.7 Å². The normalized spacial score (nSPS) is 13.4. The van der Waals surface area contributed by atoms with Crippen molar-refractivity contribution in [3.05, 3.63) is 35.3 Å². The fraction of sp³-hybridized carbons (Fsp3) is 0.467. The third-order valence-corrected chi connectivity index (χ3v) is 3.56. The van der Waals surface area contributed by atoms with E-state index in [2.05, 4.69) is 10.3 Å². The Hall–Kier alpha value is -2.05. The average molecular weight is 313 g/mol. The minimum atomic E-state index is -4.46. The summed E-state index contributed by atoms with van der Waals surface area (Å²) in [4.78, 5) is 16.6. The van der Waals surface area contributed by atoms with E-state index in [0.29, 0.717) is 17.8 Å². The highest BCUT2D eigenvalue weighted by Crippen LogP contribution is 2.30. The molecule has 7 heteroatoms. The molecule has 1 N–H and O–H groups in total. The summed E-state index contributed by atoms with van der Waals surface area (Å²) in [5, 5.41) is 2.78. The SMILES string of the molecule is CCc1nc2ccc(C(F)(F)F)cn2c1C(=O)NC(C)CC. The minimum Gasteiger partial charge on any atom is -0.348 e. The Morgan fingerprint density at radius 2 is 2.05 bits per heavy atom. The molecule has 2 aromatic heterocycles. The zero-order valence-electron chi connectivity index (χ0n) is 12.7. The lowest BCUT2D eigenvalue weighted by Gasteiger charge is -2.13. The number of amides is 1. The highest BCUT2D eigenvalue weighted by atomic mass is 19.4. The van der Waals surface area contributed by atoms with Crippen molar-refractivity contribution < 1.29 is 18.0 Å². The van der Waals surface area contributed by atoms with E-state index in [1.807, 2.05) is 20.8 Å². The molecule has 0 spiro atoms. The van der Waals surface area contributed by atoms with Crippen molar-refractivity contribution >= 4 is 11.6 Å². The molecule has 0 aliphatic heterocycles. The molecule has 0 bridgehead atoms. The quantitative estimate of drug-likeness (QED) is 0.940. The summed E-state index contributed by atoms with van der Waals surface area (Å²) in [7, 11) is 0. The summed E-state index contributed by atoms with van der Waals surface area (Å²) in [6.45, 7) is 5.57. The second kappa shape index (κ2) is 5.98. The Kier molecular flexibility index (Phi) is 4.44. The van der Waals surface area contributed by atoms with Crippen LogP contribution in [0.3, 0.4) is 0 Å². The summed E-state index contributed by atoms with van der Waals surface area (Å²) in [5.74, 6) is -0.405. The van der Waals surface area contributed by atoms with Crippen LogP contribution in [0.25, 0.3) is 5.65 Å². The smallest absolute Gasteiger partial charge is 0.348 e. The van der Waals surface area contributed by atoms with Crippen LogP contribution in [0.5, 0.6) is 0 Å². The van der Waals surface area contributed by atoms with Gasteiger partial charge >= 0.3 is 6.18 Å². The molecule has 2 heterocycles. The number of pyridine rings is 1.